The average molecular weight is 1040 g/mol. The minimum absolute atomic E-state index is 0.0105. The summed E-state index contributed by atoms with van der Waals surface area (Å²) < 4.78 is 46.7. The highest BCUT2D eigenvalue weighted by Crippen LogP contribution is 2.40. The predicted octanol–water partition coefficient (Wildman–Crippen LogP) is 9.57. The van der Waals surface area contributed by atoms with Gasteiger partial charge in [-0.25, -0.2) is 15.0 Å². The molecule has 15 nitrogen and oxygen atoms in total. The molecule has 0 aliphatic carbocycles. The summed E-state index contributed by atoms with van der Waals surface area (Å²) in [5.41, 5.74) is 11.0. The van der Waals surface area contributed by atoms with E-state index in [0.29, 0.717) is 79.1 Å². The third-order valence-corrected chi connectivity index (χ3v) is 15.2. The van der Waals surface area contributed by atoms with Crippen molar-refractivity contribution < 1.29 is 42.2 Å². The van der Waals surface area contributed by atoms with E-state index in [2.05, 4.69) is 30.9 Å². The van der Waals surface area contributed by atoms with Gasteiger partial charge in [-0.2, -0.15) is 13.2 Å². The normalized spacial score (nSPS) is 17.7. The largest absolute Gasteiger partial charge is 0.496 e. The van der Waals surface area contributed by atoms with Crippen LogP contribution in [0.25, 0.3) is 21.3 Å². The van der Waals surface area contributed by atoms with Crippen molar-refractivity contribution in [2.24, 2.45) is 5.41 Å². The summed E-state index contributed by atoms with van der Waals surface area (Å²) in [6.45, 7) is 14.0. The van der Waals surface area contributed by atoms with Crippen molar-refractivity contribution >= 4 is 57.4 Å². The van der Waals surface area contributed by atoms with E-state index in [1.165, 1.54) is 11.0 Å². The number of ether oxygens (including phenoxy) is 1. The number of aliphatic hydroxyl groups is 1. The molecule has 4 heterocycles. The molecule has 398 valence electrons. The number of benzene rings is 3. The number of hydrogen-bond acceptors (Lipinski definition) is 12. The van der Waals surface area contributed by atoms with Crippen LogP contribution in [0.4, 0.5) is 24.7 Å². The Morgan fingerprint density at radius 1 is 0.892 bits per heavy atom. The Labute approximate surface area is 435 Å². The molecule has 7 rings (SSSR count). The van der Waals surface area contributed by atoms with Crippen LogP contribution in [-0.2, 0) is 25.4 Å². The highest BCUT2D eigenvalue weighted by molar-refractivity contribution is 7.13. The number of rotatable bonds is 18. The first-order chi connectivity index (χ1) is 35.0. The summed E-state index contributed by atoms with van der Waals surface area (Å²) in [4.78, 5) is 72.6. The SMILES string of the molecule is COc1cc2nc(C)nc(NC(C)c3cc(N)cc(C(F)(F)F)c3)c2cc1C1CCN(C(=O)CCCCCCC(=O)NC(C(=O)N2CC(O)CC2C(=O)NC(C)c2ccc(-c3scnc3C)cc2)C(C)(C)C)CC1. The number of β-amino-alcohol motifs (C(OH)–C–C–N with tert-alkyl or cyclic N) is 1. The number of nitrogens with two attached hydrogens (primary N) is 1. The second-order valence-corrected chi connectivity index (χ2v) is 21.8. The Hall–Kier alpha value is -6.34. The van der Waals surface area contributed by atoms with Gasteiger partial charge in [-0.15, -0.1) is 11.3 Å². The minimum Gasteiger partial charge on any atom is -0.496 e. The molecule has 2 saturated heterocycles. The molecule has 5 unspecified atom stereocenters. The number of carbonyl (C=O) groups is 4. The van der Waals surface area contributed by atoms with Crippen molar-refractivity contribution in [3.63, 3.8) is 0 Å². The number of nitrogens with one attached hydrogen (secondary N) is 3. The number of aromatic nitrogens is 3. The van der Waals surface area contributed by atoms with Gasteiger partial charge in [0.15, 0.2) is 0 Å². The minimum atomic E-state index is -4.55. The maximum Gasteiger partial charge on any atom is 0.416 e. The zero-order valence-corrected chi connectivity index (χ0v) is 44.4. The van der Waals surface area contributed by atoms with Crippen molar-refractivity contribution in [1.29, 1.82) is 0 Å². The molecule has 19 heteroatoms. The Balaban J connectivity index is 0.863. The van der Waals surface area contributed by atoms with Crippen LogP contribution in [0.2, 0.25) is 0 Å². The second kappa shape index (κ2) is 23.5. The Morgan fingerprint density at radius 2 is 1.58 bits per heavy atom. The van der Waals surface area contributed by atoms with Gasteiger partial charge >= 0.3 is 6.18 Å². The van der Waals surface area contributed by atoms with Gasteiger partial charge < -0.3 is 41.3 Å². The van der Waals surface area contributed by atoms with Crippen LogP contribution in [-0.4, -0.2) is 98.4 Å². The van der Waals surface area contributed by atoms with Crippen LogP contribution in [0.1, 0.15) is 144 Å². The first-order valence-corrected chi connectivity index (χ1v) is 26.4. The molecule has 4 amide bonds. The van der Waals surface area contributed by atoms with Gasteiger partial charge in [0.05, 0.1) is 52.5 Å². The number of hydrogen-bond donors (Lipinski definition) is 5. The molecule has 3 aromatic carbocycles. The third kappa shape index (κ3) is 13.5. The van der Waals surface area contributed by atoms with E-state index >= 15 is 0 Å². The molecule has 5 atom stereocenters. The second-order valence-electron chi connectivity index (χ2n) is 20.9. The Morgan fingerprint density at radius 3 is 2.22 bits per heavy atom. The van der Waals surface area contributed by atoms with Gasteiger partial charge in [-0.3, -0.25) is 19.2 Å². The van der Waals surface area contributed by atoms with E-state index in [-0.39, 0.29) is 54.8 Å². The van der Waals surface area contributed by atoms with Crippen molar-refractivity contribution in [2.75, 3.05) is 37.8 Å². The lowest BCUT2D eigenvalue weighted by Gasteiger charge is -2.35. The maximum atomic E-state index is 14.2. The topological polar surface area (TPSA) is 205 Å². The van der Waals surface area contributed by atoms with E-state index in [4.69, 9.17) is 10.5 Å². The van der Waals surface area contributed by atoms with Gasteiger partial charge in [0.2, 0.25) is 23.6 Å². The number of piperidine rings is 1. The Bertz CT molecular complexity index is 2810. The van der Waals surface area contributed by atoms with Gasteiger partial charge in [-0.1, -0.05) is 57.9 Å². The molecule has 0 radical (unpaired) electrons. The number of nitrogens with zero attached hydrogens (tertiary/aromatic N) is 5. The third-order valence-electron chi connectivity index (χ3n) is 14.2. The van der Waals surface area contributed by atoms with Gasteiger partial charge in [0.1, 0.15) is 29.5 Å². The smallest absolute Gasteiger partial charge is 0.416 e. The summed E-state index contributed by atoms with van der Waals surface area (Å²) in [6.07, 6.45) is -0.660. The monoisotopic (exact) mass is 1040 g/mol. The maximum absolute atomic E-state index is 14.2. The van der Waals surface area contributed by atoms with Crippen LogP contribution in [0, 0.1) is 19.3 Å². The summed E-state index contributed by atoms with van der Waals surface area (Å²) in [5.74, 6) is 0.682. The van der Waals surface area contributed by atoms with Crippen molar-refractivity contribution in [2.45, 2.75) is 149 Å². The number of thiazole rings is 1. The molecule has 0 saturated carbocycles. The number of methoxy groups -OCH3 is 1. The van der Waals surface area contributed by atoms with E-state index < -0.39 is 47.3 Å². The molecule has 2 aromatic heterocycles. The van der Waals surface area contributed by atoms with Crippen LogP contribution in [0.15, 0.2) is 60.1 Å². The summed E-state index contributed by atoms with van der Waals surface area (Å²) in [5, 5.41) is 20.7. The van der Waals surface area contributed by atoms with Gasteiger partial charge in [0, 0.05) is 56.0 Å². The van der Waals surface area contributed by atoms with Crippen molar-refractivity contribution in [1.82, 2.24) is 35.4 Å². The van der Waals surface area contributed by atoms with Crippen LogP contribution < -0.4 is 26.4 Å². The van der Waals surface area contributed by atoms with E-state index in [0.717, 1.165) is 52.2 Å². The number of unbranched alkanes of at least 4 members (excludes halogenated alkanes) is 3. The number of fused-ring (bicyclic) bond motifs is 1. The van der Waals surface area contributed by atoms with Crippen LogP contribution >= 0.6 is 11.3 Å². The quantitative estimate of drug-likeness (QED) is 0.0413. The number of likely N-dealkylation sites (tertiary alicyclic amines) is 2. The number of alkyl halides is 3. The number of amides is 4. The molecule has 74 heavy (non-hydrogen) atoms. The lowest BCUT2D eigenvalue weighted by Crippen LogP contribution is -2.57. The number of nitrogen functional groups attached to an aromatic ring is 1. The number of aliphatic hydroxyl groups excluding tert-OH is 1. The average Bonchev–Trinajstić information content (AvgIpc) is 3.97. The molecular weight excluding hydrogens is 972 g/mol. The zero-order valence-electron chi connectivity index (χ0n) is 43.6. The highest BCUT2D eigenvalue weighted by Gasteiger charge is 2.45. The molecule has 6 N–H and O–H groups in total. The molecule has 2 fully saturated rings. The fourth-order valence-corrected chi connectivity index (χ4v) is 10.8. The summed E-state index contributed by atoms with van der Waals surface area (Å²) in [7, 11) is 1.60. The summed E-state index contributed by atoms with van der Waals surface area (Å²) in [6, 6.07) is 12.5. The number of aryl methyl sites for hydroxylation is 2. The first kappa shape index (κ1) is 55.4. The lowest BCUT2D eigenvalue weighted by molar-refractivity contribution is -0.144. The fourth-order valence-electron chi connectivity index (χ4n) is 10.0. The molecule has 0 bridgehead atoms. The van der Waals surface area contributed by atoms with Crippen LogP contribution in [0.3, 0.4) is 0 Å². The molecule has 2 aliphatic heterocycles. The molecule has 5 aromatic rings. The molecule has 0 spiro atoms. The standard InChI is InChI=1S/C55H70F3N9O6S/c1-31(35-15-17-37(18-16-35)49-33(3)60-30-74-49)62-52(71)45-26-41(68)29-67(45)53(72)50(54(5,6)7)65-47(69)13-11-9-10-12-14-48(70)66-21-19-36(20-22-66)42-27-43-44(28-46(42)73-8)63-34(4)64-51(43)61-32(2)38-23-39(55(56,57)58)25-40(59)24-38/h15-18,23-25,27-28,30-32,36,41,45,50,68H,9-14,19-22,26,29,59H2,1-8H3,(H,62,71)(H,65,69)(H,61,63,64). The van der Waals surface area contributed by atoms with Crippen molar-refractivity contribution in [3.8, 4) is 16.2 Å². The Kier molecular flexibility index (Phi) is 17.6. The lowest BCUT2D eigenvalue weighted by atomic mass is 9.85. The molecule has 2 aliphatic rings. The number of carbonyl (C=O) groups excluding carboxylic acids is 4. The summed E-state index contributed by atoms with van der Waals surface area (Å²) >= 11 is 1.57. The van der Waals surface area contributed by atoms with E-state index in [9.17, 15) is 37.5 Å². The van der Waals surface area contributed by atoms with Gasteiger partial charge in [0.25, 0.3) is 0 Å². The van der Waals surface area contributed by atoms with Crippen molar-refractivity contribution in [3.05, 3.63) is 93.9 Å². The highest BCUT2D eigenvalue weighted by atomic mass is 32.1. The first-order valence-electron chi connectivity index (χ1n) is 25.5. The zero-order chi connectivity index (χ0) is 53.6. The predicted molar refractivity (Wildman–Crippen MR) is 281 cm³/mol. The van der Waals surface area contributed by atoms with E-state index in [1.54, 1.807) is 32.3 Å². The van der Waals surface area contributed by atoms with E-state index in [1.807, 2.05) is 81.4 Å². The molecular formula is C55H70F3N9O6S. The number of anilines is 2. The number of halogens is 3. The van der Waals surface area contributed by atoms with Crippen LogP contribution in [0.5, 0.6) is 5.75 Å². The van der Waals surface area contributed by atoms with Gasteiger partial charge in [-0.05, 0) is 111 Å². The fraction of sp³-hybridized carbons (Fsp3) is 0.509.